The molecule has 0 unspecified atom stereocenters. The lowest BCUT2D eigenvalue weighted by molar-refractivity contribution is 1.28. The monoisotopic (exact) mass is 266 g/mol. The molecule has 2 aromatic carbocycles. The topological polar surface area (TPSA) is 0 Å². The van der Waals surface area contributed by atoms with Crippen LogP contribution in [0.25, 0.3) is 11.1 Å². The van der Waals surface area contributed by atoms with Crippen molar-refractivity contribution in [1.29, 1.82) is 0 Å². The van der Waals surface area contributed by atoms with Crippen LogP contribution in [0.4, 0.5) is 0 Å². The molecule has 1 heteroatoms. The van der Waals surface area contributed by atoms with Crippen molar-refractivity contribution in [3.05, 3.63) is 46.5 Å². The van der Waals surface area contributed by atoms with Gasteiger partial charge in [-0.15, -0.1) is 0 Å². The molecule has 2 aromatic rings. The predicted molar refractivity (Wildman–Crippen MR) is 87.6 cm³/mol. The molecule has 0 aromatic heterocycles. The third kappa shape index (κ3) is 1.51. The molecule has 0 spiro atoms. The van der Waals surface area contributed by atoms with Gasteiger partial charge in [-0.05, 0) is 71.4 Å². The normalized spacial score (nSPS) is 15.3. The molecule has 0 saturated carbocycles. The van der Waals surface area contributed by atoms with Crippen LogP contribution >= 0.6 is 0 Å². The van der Waals surface area contributed by atoms with Gasteiger partial charge in [-0.3, -0.25) is 0 Å². The number of hydrogen-bond acceptors (Lipinski definition) is 0. The minimum atomic E-state index is -1.50. The summed E-state index contributed by atoms with van der Waals surface area (Å²) in [5, 5.41) is 3.26. The molecule has 0 N–H and O–H groups in total. The van der Waals surface area contributed by atoms with E-state index < -0.39 is 8.07 Å². The smallest absolute Gasteiger partial charge is 0.0621 e. The maximum absolute atomic E-state index is 2.49. The Labute approximate surface area is 117 Å². The van der Waals surface area contributed by atoms with Crippen LogP contribution in [0.15, 0.2) is 24.3 Å². The van der Waals surface area contributed by atoms with E-state index in [2.05, 4.69) is 65.1 Å². The summed E-state index contributed by atoms with van der Waals surface area (Å²) < 4.78 is 0. The number of fused-ring (bicyclic) bond motifs is 3. The summed E-state index contributed by atoms with van der Waals surface area (Å²) in [6.45, 7) is 14.1. The number of aryl methyl sites for hydroxylation is 2. The number of benzene rings is 2. The van der Waals surface area contributed by atoms with E-state index in [0.29, 0.717) is 0 Å². The first-order valence-electron chi connectivity index (χ1n) is 7.07. The Morgan fingerprint density at radius 3 is 2.11 bits per heavy atom. The van der Waals surface area contributed by atoms with E-state index in [0.717, 1.165) is 0 Å². The van der Waals surface area contributed by atoms with Crippen LogP contribution in [0, 0.1) is 27.7 Å². The average Bonchev–Trinajstić information content (AvgIpc) is 2.58. The zero-order valence-corrected chi connectivity index (χ0v) is 13.8. The molecule has 3 rings (SSSR count). The van der Waals surface area contributed by atoms with Crippen LogP contribution in [-0.2, 0) is 0 Å². The van der Waals surface area contributed by atoms with E-state index in [1.165, 1.54) is 27.8 Å². The summed E-state index contributed by atoms with van der Waals surface area (Å²) >= 11 is 0. The average molecular weight is 266 g/mol. The summed E-state index contributed by atoms with van der Waals surface area (Å²) in [5.41, 5.74) is 8.91. The first-order chi connectivity index (χ1) is 8.85. The molecule has 0 atom stereocenters. The minimum absolute atomic E-state index is 1.43. The van der Waals surface area contributed by atoms with E-state index >= 15 is 0 Å². The van der Waals surface area contributed by atoms with Gasteiger partial charge in [0, 0.05) is 0 Å². The van der Waals surface area contributed by atoms with Crippen molar-refractivity contribution in [2.45, 2.75) is 40.8 Å². The van der Waals surface area contributed by atoms with Crippen LogP contribution in [-0.4, -0.2) is 8.07 Å². The van der Waals surface area contributed by atoms with Crippen molar-refractivity contribution < 1.29 is 0 Å². The molecule has 0 aliphatic carbocycles. The fraction of sp³-hybridized carbons (Fsp3) is 0.333. The van der Waals surface area contributed by atoms with Crippen LogP contribution in [0.2, 0.25) is 13.1 Å². The second-order valence-electron chi connectivity index (χ2n) is 6.49. The second-order valence-corrected chi connectivity index (χ2v) is 10.8. The van der Waals surface area contributed by atoms with Crippen molar-refractivity contribution >= 4 is 18.4 Å². The van der Waals surface area contributed by atoms with Crippen molar-refractivity contribution in [1.82, 2.24) is 0 Å². The van der Waals surface area contributed by atoms with Gasteiger partial charge < -0.3 is 0 Å². The highest BCUT2D eigenvalue weighted by molar-refractivity contribution is 7.03. The van der Waals surface area contributed by atoms with E-state index in [-0.39, 0.29) is 0 Å². The Hall–Kier alpha value is -1.34. The van der Waals surface area contributed by atoms with Gasteiger partial charge in [0.15, 0.2) is 0 Å². The summed E-state index contributed by atoms with van der Waals surface area (Å²) in [4.78, 5) is 0. The first kappa shape index (κ1) is 12.7. The van der Waals surface area contributed by atoms with Crippen LogP contribution in [0.5, 0.6) is 0 Å². The maximum Gasteiger partial charge on any atom is 0.113 e. The van der Waals surface area contributed by atoms with Gasteiger partial charge in [0.1, 0.15) is 8.07 Å². The lowest BCUT2D eigenvalue weighted by Crippen LogP contribution is -2.49. The van der Waals surface area contributed by atoms with Gasteiger partial charge >= 0.3 is 0 Å². The third-order valence-electron chi connectivity index (χ3n) is 5.03. The van der Waals surface area contributed by atoms with Crippen molar-refractivity contribution in [3.8, 4) is 11.1 Å². The van der Waals surface area contributed by atoms with Crippen molar-refractivity contribution in [2.24, 2.45) is 0 Å². The molecule has 0 amide bonds. The maximum atomic E-state index is 2.49. The molecule has 0 saturated heterocycles. The van der Waals surface area contributed by atoms with E-state index in [1.54, 1.807) is 15.9 Å². The highest BCUT2D eigenvalue weighted by atomic mass is 28.3. The molecular weight excluding hydrogens is 244 g/mol. The van der Waals surface area contributed by atoms with Crippen LogP contribution in [0.3, 0.4) is 0 Å². The Balaban J connectivity index is 2.51. The lowest BCUT2D eigenvalue weighted by Gasteiger charge is -2.20. The SMILES string of the molecule is Cc1cc2c(c(C)c1C)-c1c(C)cccc1[Si]2(C)C. The van der Waals surface area contributed by atoms with Gasteiger partial charge in [-0.2, -0.15) is 0 Å². The predicted octanol–water partition coefficient (Wildman–Crippen LogP) is 3.72. The molecule has 1 heterocycles. The zero-order chi connectivity index (χ0) is 13.9. The molecule has 1 aliphatic rings. The zero-order valence-electron chi connectivity index (χ0n) is 12.8. The molecule has 19 heavy (non-hydrogen) atoms. The fourth-order valence-electron chi connectivity index (χ4n) is 3.56. The Morgan fingerprint density at radius 2 is 1.42 bits per heavy atom. The molecule has 0 bridgehead atoms. The molecule has 1 aliphatic heterocycles. The van der Waals surface area contributed by atoms with E-state index in [1.807, 2.05) is 0 Å². The van der Waals surface area contributed by atoms with E-state index in [9.17, 15) is 0 Å². The van der Waals surface area contributed by atoms with Gasteiger partial charge in [0.2, 0.25) is 0 Å². The number of hydrogen-bond donors (Lipinski definition) is 0. The minimum Gasteiger partial charge on any atom is -0.0621 e. The van der Waals surface area contributed by atoms with Crippen molar-refractivity contribution in [3.63, 3.8) is 0 Å². The van der Waals surface area contributed by atoms with Gasteiger partial charge in [-0.1, -0.05) is 37.4 Å². The highest BCUT2D eigenvalue weighted by Crippen LogP contribution is 2.35. The largest absolute Gasteiger partial charge is 0.113 e. The summed E-state index contributed by atoms with van der Waals surface area (Å²) in [7, 11) is -1.50. The summed E-state index contributed by atoms with van der Waals surface area (Å²) in [5.74, 6) is 0. The number of rotatable bonds is 0. The Morgan fingerprint density at radius 1 is 0.737 bits per heavy atom. The highest BCUT2D eigenvalue weighted by Gasteiger charge is 2.39. The first-order valence-corrected chi connectivity index (χ1v) is 10.1. The molecule has 98 valence electrons. The van der Waals surface area contributed by atoms with Crippen molar-refractivity contribution in [2.75, 3.05) is 0 Å². The molecule has 0 nitrogen and oxygen atoms in total. The Bertz CT molecular complexity index is 693. The van der Waals surface area contributed by atoms with Gasteiger partial charge in [0.05, 0.1) is 0 Å². The molecule has 0 radical (unpaired) electrons. The van der Waals surface area contributed by atoms with Crippen LogP contribution < -0.4 is 10.4 Å². The van der Waals surface area contributed by atoms with Crippen LogP contribution in [0.1, 0.15) is 22.3 Å². The van der Waals surface area contributed by atoms with E-state index in [4.69, 9.17) is 0 Å². The molecule has 0 fully saturated rings. The quantitative estimate of drug-likeness (QED) is 0.638. The second kappa shape index (κ2) is 3.83. The lowest BCUT2D eigenvalue weighted by atomic mass is 9.92. The molecular formula is C18H22Si. The Kier molecular flexibility index (Phi) is 2.55. The third-order valence-corrected chi connectivity index (χ3v) is 8.53. The van der Waals surface area contributed by atoms with Gasteiger partial charge in [0.25, 0.3) is 0 Å². The summed E-state index contributed by atoms with van der Waals surface area (Å²) in [6, 6.07) is 9.30. The van der Waals surface area contributed by atoms with Gasteiger partial charge in [-0.25, -0.2) is 0 Å². The summed E-state index contributed by atoms with van der Waals surface area (Å²) in [6.07, 6.45) is 0. The standard InChI is InChI=1S/C18H22Si/c1-11-8-7-9-15-17(11)18-14(4)13(3)12(2)10-16(18)19(15,5)6/h7-10H,1-6H3. The fourth-order valence-corrected chi connectivity index (χ4v) is 6.83.